The van der Waals surface area contributed by atoms with Gasteiger partial charge in [0.1, 0.15) is 11.6 Å². The van der Waals surface area contributed by atoms with E-state index in [1.807, 2.05) is 30.4 Å². The second kappa shape index (κ2) is 7.72. The highest BCUT2D eigenvalue weighted by Crippen LogP contribution is 2.31. The minimum Gasteiger partial charge on any atom is -0.495 e. The van der Waals surface area contributed by atoms with E-state index in [1.165, 1.54) is 11.3 Å². The van der Waals surface area contributed by atoms with Gasteiger partial charge in [-0.15, -0.1) is 11.3 Å². The first-order valence-corrected chi connectivity index (χ1v) is 8.98. The van der Waals surface area contributed by atoms with Crippen molar-refractivity contribution in [1.82, 2.24) is 9.97 Å². The van der Waals surface area contributed by atoms with Crippen LogP contribution in [0.15, 0.2) is 41.9 Å². The highest BCUT2D eigenvalue weighted by molar-refractivity contribution is 7.14. The van der Waals surface area contributed by atoms with Crippen molar-refractivity contribution in [3.63, 3.8) is 0 Å². The van der Waals surface area contributed by atoms with Crippen molar-refractivity contribution in [2.45, 2.75) is 0 Å². The molecule has 0 bridgehead atoms. The van der Waals surface area contributed by atoms with Crippen molar-refractivity contribution in [1.29, 1.82) is 0 Å². The lowest BCUT2D eigenvalue weighted by Crippen LogP contribution is -2.14. The number of anilines is 2. The molecule has 3 aromatic rings. The number of halogens is 1. The highest BCUT2D eigenvalue weighted by atomic mass is 35.5. The smallest absolute Gasteiger partial charge is 0.259 e. The number of ether oxygens (including phenoxy) is 1. The molecule has 8 heteroatoms. The number of amides is 1. The number of carbonyl (C=O) groups is 1. The van der Waals surface area contributed by atoms with E-state index < -0.39 is 0 Å². The first kappa shape index (κ1) is 18.2. The van der Waals surface area contributed by atoms with Crippen LogP contribution in [0.4, 0.5) is 10.9 Å². The van der Waals surface area contributed by atoms with Crippen molar-refractivity contribution < 1.29 is 9.53 Å². The molecular weight excluding hydrogens is 372 g/mol. The molecule has 2 heterocycles. The average molecular weight is 389 g/mol. The number of pyridine rings is 1. The molecule has 0 spiro atoms. The minimum absolute atomic E-state index is 0.253. The van der Waals surface area contributed by atoms with Crippen LogP contribution in [0.2, 0.25) is 5.02 Å². The minimum atomic E-state index is -0.253. The summed E-state index contributed by atoms with van der Waals surface area (Å²) in [5.74, 6) is 1.14. The zero-order chi connectivity index (χ0) is 18.7. The summed E-state index contributed by atoms with van der Waals surface area (Å²) >= 11 is 7.50. The van der Waals surface area contributed by atoms with Crippen LogP contribution < -0.4 is 15.0 Å². The molecule has 2 aromatic heterocycles. The van der Waals surface area contributed by atoms with Crippen LogP contribution in [0, 0.1) is 0 Å². The number of hydrogen-bond acceptors (Lipinski definition) is 6. The van der Waals surface area contributed by atoms with Gasteiger partial charge in [-0.3, -0.25) is 10.1 Å². The SMILES string of the molecule is COc1ccc(-c2csc(NC(=O)c3ccc(N(C)C)nc3)n2)cc1Cl. The second-order valence-electron chi connectivity index (χ2n) is 5.64. The van der Waals surface area contributed by atoms with Gasteiger partial charge < -0.3 is 9.64 Å². The third kappa shape index (κ3) is 3.95. The summed E-state index contributed by atoms with van der Waals surface area (Å²) in [6.07, 6.45) is 1.54. The number of methoxy groups -OCH3 is 1. The Bertz CT molecular complexity index is 925. The number of benzene rings is 1. The summed E-state index contributed by atoms with van der Waals surface area (Å²) in [5, 5.41) is 5.67. The predicted molar refractivity (Wildman–Crippen MR) is 106 cm³/mol. The number of carbonyl (C=O) groups excluding carboxylic acids is 1. The molecule has 134 valence electrons. The van der Waals surface area contributed by atoms with E-state index in [4.69, 9.17) is 16.3 Å². The van der Waals surface area contributed by atoms with Gasteiger partial charge in [0.2, 0.25) is 0 Å². The second-order valence-corrected chi connectivity index (χ2v) is 6.91. The molecule has 0 aliphatic heterocycles. The molecule has 26 heavy (non-hydrogen) atoms. The molecular formula is C18H17ClN4O2S. The van der Waals surface area contributed by atoms with Crippen LogP contribution in [0.25, 0.3) is 11.3 Å². The van der Waals surface area contributed by atoms with Crippen LogP contribution in [-0.2, 0) is 0 Å². The van der Waals surface area contributed by atoms with E-state index in [1.54, 1.807) is 37.6 Å². The van der Waals surface area contributed by atoms with Crippen molar-refractivity contribution >= 4 is 39.8 Å². The maximum atomic E-state index is 12.3. The number of rotatable bonds is 5. The van der Waals surface area contributed by atoms with Gasteiger partial charge >= 0.3 is 0 Å². The summed E-state index contributed by atoms with van der Waals surface area (Å²) < 4.78 is 5.15. The normalized spacial score (nSPS) is 10.5. The molecule has 0 atom stereocenters. The number of nitrogens with zero attached hydrogens (tertiary/aromatic N) is 3. The fourth-order valence-electron chi connectivity index (χ4n) is 2.24. The number of nitrogens with one attached hydrogen (secondary N) is 1. The van der Waals surface area contributed by atoms with Crippen LogP contribution in [0.5, 0.6) is 5.75 Å². The first-order chi connectivity index (χ1) is 12.5. The lowest BCUT2D eigenvalue weighted by Gasteiger charge is -2.10. The Hall–Kier alpha value is -2.64. The molecule has 6 nitrogen and oxygen atoms in total. The zero-order valence-electron chi connectivity index (χ0n) is 14.5. The van der Waals surface area contributed by atoms with E-state index in [0.29, 0.717) is 21.5 Å². The number of thiazole rings is 1. The lowest BCUT2D eigenvalue weighted by molar-refractivity contribution is 0.102. The highest BCUT2D eigenvalue weighted by Gasteiger charge is 2.12. The molecule has 1 aromatic carbocycles. The summed E-state index contributed by atoms with van der Waals surface area (Å²) in [7, 11) is 5.35. The van der Waals surface area contributed by atoms with Gasteiger partial charge in [0.25, 0.3) is 5.91 Å². The molecule has 0 aliphatic carbocycles. The van der Waals surface area contributed by atoms with Gasteiger partial charge in [0.15, 0.2) is 5.13 Å². The quantitative estimate of drug-likeness (QED) is 0.710. The Labute approximate surface area is 160 Å². The zero-order valence-corrected chi connectivity index (χ0v) is 16.1. The summed E-state index contributed by atoms with van der Waals surface area (Å²) in [4.78, 5) is 22.9. The topological polar surface area (TPSA) is 67.3 Å². The summed E-state index contributed by atoms with van der Waals surface area (Å²) in [6, 6.07) is 8.96. The summed E-state index contributed by atoms with van der Waals surface area (Å²) in [5.41, 5.74) is 2.06. The molecule has 1 N–H and O–H groups in total. The Balaban J connectivity index is 1.73. The lowest BCUT2D eigenvalue weighted by atomic mass is 10.2. The molecule has 0 unspecified atom stereocenters. The molecule has 0 fully saturated rings. The standard InChI is InChI=1S/C18H17ClN4O2S/c1-23(2)16-7-5-12(9-20-16)17(24)22-18-21-14(10-26-18)11-4-6-15(25-3)13(19)8-11/h4-10H,1-3H3,(H,21,22,24). The van der Waals surface area contributed by atoms with Crippen molar-refractivity contribution in [3.05, 3.63) is 52.5 Å². The molecule has 0 saturated heterocycles. The van der Waals surface area contributed by atoms with E-state index in [-0.39, 0.29) is 5.91 Å². The fourth-order valence-corrected chi connectivity index (χ4v) is 3.22. The molecule has 1 amide bonds. The predicted octanol–water partition coefficient (Wildman–Crippen LogP) is 4.19. The van der Waals surface area contributed by atoms with Gasteiger partial charge in [-0.1, -0.05) is 11.6 Å². The van der Waals surface area contributed by atoms with Crippen molar-refractivity contribution in [2.75, 3.05) is 31.4 Å². The maximum absolute atomic E-state index is 12.3. The number of aromatic nitrogens is 2. The Morgan fingerprint density at radius 1 is 1.27 bits per heavy atom. The Morgan fingerprint density at radius 2 is 2.08 bits per heavy atom. The number of hydrogen-bond donors (Lipinski definition) is 1. The first-order valence-electron chi connectivity index (χ1n) is 7.72. The molecule has 0 aliphatic rings. The third-order valence-electron chi connectivity index (χ3n) is 3.64. The molecule has 0 saturated carbocycles. The van der Waals surface area contributed by atoms with Gasteiger partial charge in [-0.25, -0.2) is 9.97 Å². The maximum Gasteiger partial charge on any atom is 0.259 e. The van der Waals surface area contributed by atoms with Crippen LogP contribution in [-0.4, -0.2) is 37.1 Å². The van der Waals surface area contributed by atoms with Crippen molar-refractivity contribution in [2.24, 2.45) is 0 Å². The van der Waals surface area contributed by atoms with E-state index in [0.717, 1.165) is 17.1 Å². The van der Waals surface area contributed by atoms with E-state index in [2.05, 4.69) is 15.3 Å². The molecule has 3 rings (SSSR count). The average Bonchev–Trinajstić information content (AvgIpc) is 3.10. The monoisotopic (exact) mass is 388 g/mol. The molecule has 0 radical (unpaired) electrons. The van der Waals surface area contributed by atoms with Crippen LogP contribution in [0.1, 0.15) is 10.4 Å². The van der Waals surface area contributed by atoms with Crippen molar-refractivity contribution in [3.8, 4) is 17.0 Å². The largest absolute Gasteiger partial charge is 0.495 e. The Kier molecular flexibility index (Phi) is 5.39. The fraction of sp³-hybridized carbons (Fsp3) is 0.167. The van der Waals surface area contributed by atoms with Crippen LogP contribution >= 0.6 is 22.9 Å². The van der Waals surface area contributed by atoms with Crippen LogP contribution in [0.3, 0.4) is 0 Å². The van der Waals surface area contributed by atoms with Gasteiger partial charge in [0, 0.05) is 31.2 Å². The van der Waals surface area contributed by atoms with E-state index >= 15 is 0 Å². The van der Waals surface area contributed by atoms with Gasteiger partial charge in [-0.2, -0.15) is 0 Å². The van der Waals surface area contributed by atoms with E-state index in [9.17, 15) is 4.79 Å². The Morgan fingerprint density at radius 3 is 2.69 bits per heavy atom. The van der Waals surface area contributed by atoms with Gasteiger partial charge in [-0.05, 0) is 30.3 Å². The van der Waals surface area contributed by atoms with Gasteiger partial charge in [0.05, 0.1) is 23.4 Å². The summed E-state index contributed by atoms with van der Waals surface area (Å²) in [6.45, 7) is 0. The third-order valence-corrected chi connectivity index (χ3v) is 4.69.